The summed E-state index contributed by atoms with van der Waals surface area (Å²) in [6, 6.07) is 29.9. The number of benzene rings is 3. The Hall–Kier alpha value is -2.62. The Morgan fingerprint density at radius 2 is 1.26 bits per heavy atom. The Balaban J connectivity index is 0.00000261. The van der Waals surface area contributed by atoms with Gasteiger partial charge >= 0.3 is 5.97 Å². The van der Waals surface area contributed by atoms with Crippen LogP contribution in [-0.2, 0) is 16.1 Å². The SMILES string of the molecule is [Cl-].[NH3+][C@@H](c1ccccc1)[C@H](CC(=O)OCc1ccccc1)c1ccccc1. The third-order valence-electron chi connectivity index (χ3n) is 4.57. The molecule has 0 amide bonds. The maximum atomic E-state index is 12.5. The topological polar surface area (TPSA) is 53.9 Å². The molecule has 3 aromatic carbocycles. The van der Waals surface area contributed by atoms with E-state index in [1.54, 1.807) is 0 Å². The molecule has 4 heteroatoms. The number of rotatable bonds is 7. The molecule has 0 saturated carbocycles. The molecule has 3 rings (SSSR count). The van der Waals surface area contributed by atoms with Crippen LogP contribution in [0.5, 0.6) is 0 Å². The van der Waals surface area contributed by atoms with Gasteiger partial charge in [-0.05, 0) is 11.1 Å². The van der Waals surface area contributed by atoms with Crippen molar-refractivity contribution in [1.82, 2.24) is 0 Å². The van der Waals surface area contributed by atoms with E-state index in [0.29, 0.717) is 13.0 Å². The second-order valence-corrected chi connectivity index (χ2v) is 6.38. The number of hydrogen-bond acceptors (Lipinski definition) is 2. The summed E-state index contributed by atoms with van der Waals surface area (Å²) in [6.45, 7) is 0.300. The molecule has 0 bridgehead atoms. The van der Waals surface area contributed by atoms with Crippen molar-refractivity contribution in [1.29, 1.82) is 0 Å². The summed E-state index contributed by atoms with van der Waals surface area (Å²) in [5.41, 5.74) is 7.57. The highest BCUT2D eigenvalue weighted by atomic mass is 35.5. The van der Waals surface area contributed by atoms with Gasteiger partial charge in [0.05, 0.1) is 12.3 Å². The van der Waals surface area contributed by atoms with Crippen LogP contribution in [0.25, 0.3) is 0 Å². The van der Waals surface area contributed by atoms with E-state index in [1.165, 1.54) is 0 Å². The van der Waals surface area contributed by atoms with Gasteiger partial charge in [0.2, 0.25) is 0 Å². The van der Waals surface area contributed by atoms with Crippen molar-refractivity contribution in [2.75, 3.05) is 0 Å². The molecular formula is C23H24ClNO2. The third-order valence-corrected chi connectivity index (χ3v) is 4.57. The molecule has 0 radical (unpaired) electrons. The minimum absolute atomic E-state index is 0. The highest BCUT2D eigenvalue weighted by Gasteiger charge is 2.27. The Labute approximate surface area is 166 Å². The number of carbonyl (C=O) groups excluding carboxylic acids is 1. The van der Waals surface area contributed by atoms with Crippen LogP contribution in [0.2, 0.25) is 0 Å². The van der Waals surface area contributed by atoms with Crippen molar-refractivity contribution >= 4 is 5.97 Å². The summed E-state index contributed by atoms with van der Waals surface area (Å²) in [7, 11) is 0. The van der Waals surface area contributed by atoms with Gasteiger partial charge in [-0.1, -0.05) is 91.0 Å². The molecule has 3 nitrogen and oxygen atoms in total. The van der Waals surface area contributed by atoms with Gasteiger partial charge < -0.3 is 22.9 Å². The molecule has 0 aliphatic rings. The van der Waals surface area contributed by atoms with Crippen LogP contribution < -0.4 is 18.1 Å². The van der Waals surface area contributed by atoms with E-state index in [2.05, 4.69) is 30.0 Å². The van der Waals surface area contributed by atoms with Crippen molar-refractivity contribution in [3.05, 3.63) is 108 Å². The van der Waals surface area contributed by atoms with Crippen LogP contribution in [0.1, 0.15) is 35.1 Å². The first kappa shape index (κ1) is 20.7. The van der Waals surface area contributed by atoms with E-state index in [4.69, 9.17) is 4.74 Å². The molecule has 3 N–H and O–H groups in total. The fraction of sp³-hybridized carbons (Fsp3) is 0.174. The van der Waals surface area contributed by atoms with Crippen LogP contribution >= 0.6 is 0 Å². The number of ether oxygens (including phenoxy) is 1. The summed E-state index contributed by atoms with van der Waals surface area (Å²) in [4.78, 5) is 12.5. The van der Waals surface area contributed by atoms with E-state index in [-0.39, 0.29) is 30.3 Å². The molecule has 27 heavy (non-hydrogen) atoms. The van der Waals surface area contributed by atoms with E-state index in [1.807, 2.05) is 66.7 Å². The quantitative estimate of drug-likeness (QED) is 0.618. The van der Waals surface area contributed by atoms with Gasteiger partial charge in [-0.3, -0.25) is 4.79 Å². The molecule has 0 saturated heterocycles. The fourth-order valence-corrected chi connectivity index (χ4v) is 3.10. The molecule has 0 aliphatic carbocycles. The van der Waals surface area contributed by atoms with E-state index in [9.17, 15) is 4.79 Å². The van der Waals surface area contributed by atoms with Gasteiger partial charge in [-0.2, -0.15) is 0 Å². The van der Waals surface area contributed by atoms with Gasteiger partial charge in [-0.25, -0.2) is 0 Å². The summed E-state index contributed by atoms with van der Waals surface area (Å²) in [6.07, 6.45) is 0.305. The van der Waals surface area contributed by atoms with Gasteiger partial charge in [0.15, 0.2) is 0 Å². The highest BCUT2D eigenvalue weighted by Crippen LogP contribution is 2.31. The predicted octanol–water partition coefficient (Wildman–Crippen LogP) is 0.891. The van der Waals surface area contributed by atoms with Crippen molar-refractivity contribution in [3.8, 4) is 0 Å². The Kier molecular flexibility index (Phi) is 8.05. The van der Waals surface area contributed by atoms with Crippen molar-refractivity contribution < 1.29 is 27.7 Å². The molecule has 3 aromatic rings. The monoisotopic (exact) mass is 381 g/mol. The van der Waals surface area contributed by atoms with Crippen LogP contribution in [0.3, 0.4) is 0 Å². The summed E-state index contributed by atoms with van der Waals surface area (Å²) in [5, 5.41) is 0. The maximum Gasteiger partial charge on any atom is 0.306 e. The molecule has 0 aliphatic heterocycles. The lowest BCUT2D eigenvalue weighted by molar-refractivity contribution is -0.432. The van der Waals surface area contributed by atoms with Gasteiger partial charge in [0.25, 0.3) is 0 Å². The summed E-state index contributed by atoms with van der Waals surface area (Å²) in [5.74, 6) is -0.228. The number of hydrogen-bond donors (Lipinski definition) is 1. The largest absolute Gasteiger partial charge is 1.00 e. The average molecular weight is 382 g/mol. The fourth-order valence-electron chi connectivity index (χ4n) is 3.10. The molecule has 140 valence electrons. The van der Waals surface area contributed by atoms with E-state index >= 15 is 0 Å². The van der Waals surface area contributed by atoms with Gasteiger partial charge in [0.1, 0.15) is 12.6 Å². The van der Waals surface area contributed by atoms with Gasteiger partial charge in [0, 0.05) is 5.56 Å². The zero-order valence-electron chi connectivity index (χ0n) is 15.1. The average Bonchev–Trinajstić information content (AvgIpc) is 2.72. The van der Waals surface area contributed by atoms with Crippen molar-refractivity contribution in [2.45, 2.75) is 25.0 Å². The number of carbonyl (C=O) groups is 1. The molecule has 0 spiro atoms. The normalized spacial score (nSPS) is 12.5. The Bertz CT molecular complexity index is 810. The first-order valence-electron chi connectivity index (χ1n) is 8.86. The standard InChI is InChI=1S/C23H23NO2.ClH/c24-23(20-14-8-3-9-15-20)21(19-12-6-2-7-13-19)16-22(25)26-17-18-10-4-1-5-11-18;/h1-15,21,23H,16-17,24H2;1H/t21-,23+;/m1./s1. The number of quaternary nitrogens is 1. The summed E-state index contributed by atoms with van der Waals surface area (Å²) < 4.78 is 5.50. The maximum absolute atomic E-state index is 12.5. The van der Waals surface area contributed by atoms with Crippen LogP contribution in [0, 0.1) is 0 Å². The minimum atomic E-state index is -0.202. The molecular weight excluding hydrogens is 358 g/mol. The van der Waals surface area contributed by atoms with Crippen LogP contribution in [-0.4, -0.2) is 5.97 Å². The van der Waals surface area contributed by atoms with Crippen molar-refractivity contribution in [3.63, 3.8) is 0 Å². The Morgan fingerprint density at radius 1 is 0.778 bits per heavy atom. The highest BCUT2D eigenvalue weighted by molar-refractivity contribution is 5.70. The lowest BCUT2D eigenvalue weighted by Crippen LogP contribution is -3.00. The molecule has 2 atom stereocenters. The summed E-state index contributed by atoms with van der Waals surface area (Å²) >= 11 is 0. The molecule has 0 aromatic heterocycles. The van der Waals surface area contributed by atoms with Crippen molar-refractivity contribution in [2.24, 2.45) is 0 Å². The number of halogens is 1. The first-order valence-corrected chi connectivity index (χ1v) is 8.86. The lowest BCUT2D eigenvalue weighted by Gasteiger charge is -2.21. The second kappa shape index (κ2) is 10.5. The first-order chi connectivity index (χ1) is 12.7. The minimum Gasteiger partial charge on any atom is -1.00 e. The predicted molar refractivity (Wildman–Crippen MR) is 102 cm³/mol. The van der Waals surface area contributed by atoms with E-state index < -0.39 is 0 Å². The van der Waals surface area contributed by atoms with Crippen LogP contribution in [0.4, 0.5) is 0 Å². The second-order valence-electron chi connectivity index (χ2n) is 6.38. The lowest BCUT2D eigenvalue weighted by atomic mass is 9.85. The zero-order valence-corrected chi connectivity index (χ0v) is 15.9. The molecule has 0 heterocycles. The molecule has 0 unspecified atom stereocenters. The number of esters is 1. The Morgan fingerprint density at radius 3 is 1.81 bits per heavy atom. The third kappa shape index (κ3) is 5.95. The van der Waals surface area contributed by atoms with Gasteiger partial charge in [-0.15, -0.1) is 0 Å². The molecule has 0 fully saturated rings. The smallest absolute Gasteiger partial charge is 0.306 e. The van der Waals surface area contributed by atoms with E-state index in [0.717, 1.165) is 16.7 Å². The zero-order chi connectivity index (χ0) is 18.2. The van der Waals surface area contributed by atoms with Crippen LogP contribution in [0.15, 0.2) is 91.0 Å².